The fourth-order valence-electron chi connectivity index (χ4n) is 3.70. The van der Waals surface area contributed by atoms with Crippen molar-refractivity contribution >= 4 is 36.4 Å². The number of carbonyl (C=O) groups excluding carboxylic acids is 1. The summed E-state index contributed by atoms with van der Waals surface area (Å²) >= 11 is 0. The Kier molecular flexibility index (Phi) is 11.4. The van der Waals surface area contributed by atoms with Crippen LogP contribution in [0.3, 0.4) is 0 Å². The van der Waals surface area contributed by atoms with E-state index in [1.54, 1.807) is 38.6 Å². The molecule has 0 spiro atoms. The Labute approximate surface area is 217 Å². The van der Waals surface area contributed by atoms with Crippen LogP contribution in [-0.2, 0) is 30.2 Å². The molecule has 0 aromatic carbocycles. The predicted molar refractivity (Wildman–Crippen MR) is 140 cm³/mol. The molecule has 0 bridgehead atoms. The van der Waals surface area contributed by atoms with E-state index in [0.29, 0.717) is 24.1 Å². The number of nitrogens with zero attached hydrogens (tertiary/aromatic N) is 4. The lowest BCUT2D eigenvalue weighted by atomic mass is 10.0. The van der Waals surface area contributed by atoms with Gasteiger partial charge in [0.1, 0.15) is 23.7 Å². The molecule has 0 amide bonds. The highest BCUT2D eigenvalue weighted by Crippen LogP contribution is 2.41. The molecule has 37 heavy (non-hydrogen) atoms. The first-order valence-corrected chi connectivity index (χ1v) is 14.4. The molecule has 4 atom stereocenters. The topological polar surface area (TPSA) is 184 Å². The van der Waals surface area contributed by atoms with Gasteiger partial charge in [-0.05, 0) is 33.6 Å². The molecule has 2 aromatic rings. The minimum absolute atomic E-state index is 0.256. The fraction of sp³-hybridized carbons (Fsp3) is 0.696. The van der Waals surface area contributed by atoms with Gasteiger partial charge in [0, 0.05) is 6.04 Å². The van der Waals surface area contributed by atoms with Gasteiger partial charge in [0.25, 0.3) is 0 Å². The zero-order valence-electron chi connectivity index (χ0n) is 22.3. The molecule has 2 heterocycles. The van der Waals surface area contributed by atoms with Crippen molar-refractivity contribution in [3.8, 4) is 0 Å². The maximum Gasteiger partial charge on any atom is 0.326 e. The minimum atomic E-state index is -3.63. The second kappa shape index (κ2) is 13.8. The van der Waals surface area contributed by atoms with Crippen molar-refractivity contribution in [2.24, 2.45) is 0 Å². The van der Waals surface area contributed by atoms with Crippen LogP contribution in [0, 0.1) is 0 Å². The quantitative estimate of drug-likeness (QED) is 0.131. The van der Waals surface area contributed by atoms with Crippen molar-refractivity contribution in [1.29, 1.82) is 0 Å². The average Bonchev–Trinajstić information content (AvgIpc) is 3.23. The van der Waals surface area contributed by atoms with Crippen molar-refractivity contribution in [2.45, 2.75) is 91.0 Å². The van der Waals surface area contributed by atoms with Crippen LogP contribution < -0.4 is 15.9 Å². The molecule has 2 aromatic heterocycles. The summed E-state index contributed by atoms with van der Waals surface area (Å²) in [5.74, 6) is -1.29. The largest absolute Gasteiger partial charge is 0.481 e. The molecule has 0 saturated carbocycles. The molecular weight excluding hydrogens is 501 g/mol. The first kappa shape index (κ1) is 30.6. The number of aliphatic carboxylic acids is 1. The van der Waals surface area contributed by atoms with E-state index in [-0.39, 0.29) is 25.2 Å². The molecular formula is C23H40N7O6P. The maximum atomic E-state index is 14.0. The molecule has 0 fully saturated rings. The van der Waals surface area contributed by atoms with E-state index in [0.717, 1.165) is 19.3 Å². The monoisotopic (exact) mass is 541 g/mol. The number of nitrogens with two attached hydrogens (primary N) is 1. The van der Waals surface area contributed by atoms with E-state index in [4.69, 9.17) is 15.2 Å². The number of esters is 1. The molecule has 2 rings (SSSR count). The number of nitrogens with one attached hydrogen (secondary N) is 2. The second-order valence-electron chi connectivity index (χ2n) is 9.44. The number of aromatic nitrogens is 4. The standard InChI is InChI=1S/C23H40N7O6P/c1-6-8-9-10-35-22(33)23(5,7-2)29-37(34,28-16(3)11-18(31)32)15-36-17(4)12-30-14-27-19-20(24)25-13-26-21(19)30/h13-14,16-17H,6-12,15H2,1-5H3,(H,31,32)(H2,24,25,26)(H2,28,29,34)/t16-,17+,23?,37+/m0/s1. The van der Waals surface area contributed by atoms with Gasteiger partial charge in [0.2, 0.25) is 7.44 Å². The van der Waals surface area contributed by atoms with Crippen molar-refractivity contribution in [1.82, 2.24) is 29.7 Å². The molecule has 0 saturated heterocycles. The van der Waals surface area contributed by atoms with Crippen LogP contribution in [0.1, 0.15) is 66.7 Å². The summed E-state index contributed by atoms with van der Waals surface area (Å²) in [7, 11) is -3.63. The van der Waals surface area contributed by atoms with Gasteiger partial charge in [-0.15, -0.1) is 0 Å². The van der Waals surface area contributed by atoms with Gasteiger partial charge >= 0.3 is 11.9 Å². The van der Waals surface area contributed by atoms with Crippen LogP contribution in [0.5, 0.6) is 0 Å². The number of rotatable bonds is 17. The number of anilines is 1. The van der Waals surface area contributed by atoms with Crippen molar-refractivity contribution in [2.75, 3.05) is 18.7 Å². The van der Waals surface area contributed by atoms with E-state index in [1.165, 1.54) is 6.33 Å². The number of fused-ring (bicyclic) bond motifs is 1. The van der Waals surface area contributed by atoms with Crippen molar-refractivity contribution < 1.29 is 28.7 Å². The summed E-state index contributed by atoms with van der Waals surface area (Å²) in [5.41, 5.74) is 5.60. The molecule has 1 unspecified atom stereocenters. The third-order valence-corrected chi connectivity index (χ3v) is 8.13. The Morgan fingerprint density at radius 3 is 2.62 bits per heavy atom. The summed E-state index contributed by atoms with van der Waals surface area (Å²) in [6.45, 7) is 9.48. The molecule has 13 nitrogen and oxygen atoms in total. The van der Waals surface area contributed by atoms with Gasteiger partial charge in [-0.1, -0.05) is 26.7 Å². The molecule has 0 aliphatic rings. The zero-order valence-corrected chi connectivity index (χ0v) is 23.2. The molecule has 208 valence electrons. The number of ether oxygens (including phenoxy) is 2. The molecule has 5 N–H and O–H groups in total. The number of imidazole rings is 1. The van der Waals surface area contributed by atoms with Crippen LogP contribution in [-0.4, -0.2) is 67.2 Å². The average molecular weight is 542 g/mol. The second-order valence-corrected chi connectivity index (χ2v) is 11.7. The SMILES string of the molecule is CCCCCOC(=O)C(C)(CC)N[P@@](=O)(CO[C@H](C)Cn1cnc2c(N)ncnc21)N[C@@H](C)CC(=O)O. The Morgan fingerprint density at radius 2 is 1.97 bits per heavy atom. The van der Waals surface area contributed by atoms with Crippen LogP contribution in [0.4, 0.5) is 5.82 Å². The molecule has 0 aliphatic carbocycles. The smallest absolute Gasteiger partial charge is 0.326 e. The van der Waals surface area contributed by atoms with Crippen LogP contribution in [0.2, 0.25) is 0 Å². The minimum Gasteiger partial charge on any atom is -0.481 e. The van der Waals surface area contributed by atoms with E-state index < -0.39 is 37.1 Å². The maximum absolute atomic E-state index is 14.0. The number of unbranched alkanes of at least 4 members (excludes halogenated alkanes) is 2. The Bertz CT molecular complexity index is 1100. The lowest BCUT2D eigenvalue weighted by molar-refractivity contribution is -0.150. The number of hydrogen-bond acceptors (Lipinski definition) is 9. The molecule has 0 aliphatic heterocycles. The van der Waals surface area contributed by atoms with Gasteiger partial charge < -0.3 is 24.9 Å². The lowest BCUT2D eigenvalue weighted by Gasteiger charge is -2.34. The zero-order chi connectivity index (χ0) is 27.6. The van der Waals surface area contributed by atoms with Gasteiger partial charge in [-0.2, -0.15) is 0 Å². The number of carbonyl (C=O) groups is 2. The van der Waals surface area contributed by atoms with Gasteiger partial charge in [0.15, 0.2) is 11.5 Å². The van der Waals surface area contributed by atoms with Gasteiger partial charge in [0.05, 0.1) is 32.0 Å². The highest BCUT2D eigenvalue weighted by atomic mass is 31.2. The number of carboxylic acids is 1. The number of carboxylic acid groups (broad SMARTS) is 1. The number of hydrogen-bond donors (Lipinski definition) is 4. The fourth-order valence-corrected chi connectivity index (χ4v) is 6.22. The molecule has 14 heteroatoms. The summed E-state index contributed by atoms with van der Waals surface area (Å²) in [4.78, 5) is 36.5. The van der Waals surface area contributed by atoms with E-state index in [2.05, 4.69) is 32.1 Å². The highest BCUT2D eigenvalue weighted by molar-refractivity contribution is 7.59. The highest BCUT2D eigenvalue weighted by Gasteiger charge is 2.40. The molecule has 0 radical (unpaired) electrons. The van der Waals surface area contributed by atoms with E-state index >= 15 is 0 Å². The van der Waals surface area contributed by atoms with Crippen LogP contribution in [0.15, 0.2) is 12.7 Å². The predicted octanol–water partition coefficient (Wildman–Crippen LogP) is 2.91. The summed E-state index contributed by atoms with van der Waals surface area (Å²) in [6.07, 6.45) is 4.91. The van der Waals surface area contributed by atoms with Crippen molar-refractivity contribution in [3.05, 3.63) is 12.7 Å². The lowest BCUT2D eigenvalue weighted by Crippen LogP contribution is -2.51. The number of nitrogen functional groups attached to an aromatic ring is 1. The van der Waals surface area contributed by atoms with E-state index in [9.17, 15) is 19.3 Å². The van der Waals surface area contributed by atoms with E-state index in [1.807, 2.05) is 0 Å². The first-order chi connectivity index (χ1) is 17.4. The summed E-state index contributed by atoms with van der Waals surface area (Å²) < 4.78 is 27.2. The van der Waals surface area contributed by atoms with Gasteiger partial charge in [-0.25, -0.2) is 25.1 Å². The Hall–Kier alpha value is -2.60. The summed E-state index contributed by atoms with van der Waals surface area (Å²) in [6, 6.07) is -0.645. The van der Waals surface area contributed by atoms with Crippen molar-refractivity contribution in [3.63, 3.8) is 0 Å². The van der Waals surface area contributed by atoms with Crippen LogP contribution in [0.25, 0.3) is 11.2 Å². The first-order valence-electron chi connectivity index (χ1n) is 12.5. The van der Waals surface area contributed by atoms with Gasteiger partial charge in [-0.3, -0.25) is 14.2 Å². The van der Waals surface area contributed by atoms with Crippen LogP contribution >= 0.6 is 7.44 Å². The summed E-state index contributed by atoms with van der Waals surface area (Å²) in [5, 5.41) is 15.0. The Morgan fingerprint density at radius 1 is 1.24 bits per heavy atom. The Balaban J connectivity index is 2.14. The third-order valence-electron chi connectivity index (χ3n) is 5.90. The third kappa shape index (κ3) is 9.03. The normalized spacial score (nSPS) is 16.6.